The molecule has 0 radical (unpaired) electrons. The monoisotopic (exact) mass is 281 g/mol. The molecule has 0 unspecified atom stereocenters. The molecule has 0 aliphatic heterocycles. The maximum Gasteiger partial charge on any atom is 0.141 e. The van der Waals surface area contributed by atoms with E-state index in [0.717, 1.165) is 16.0 Å². The van der Waals surface area contributed by atoms with Crippen molar-refractivity contribution in [2.75, 3.05) is 5.73 Å². The van der Waals surface area contributed by atoms with E-state index in [2.05, 4.69) is 20.9 Å². The molecule has 2 fully saturated rings. The predicted molar refractivity (Wildman–Crippen MR) is 67.3 cm³/mol. The van der Waals surface area contributed by atoms with Crippen molar-refractivity contribution in [3.8, 4) is 0 Å². The Kier molecular flexibility index (Phi) is 2.62. The first-order chi connectivity index (χ1) is 7.75. The maximum atomic E-state index is 5.96. The number of nitrogens with zero attached hydrogens (tertiary/aromatic N) is 2. The van der Waals surface area contributed by atoms with Crippen LogP contribution in [-0.4, -0.2) is 9.97 Å². The SMILES string of the molecule is Nc1nc(C2CC2)nc(C2CCCC2)c1Br. The summed E-state index contributed by atoms with van der Waals surface area (Å²) >= 11 is 3.54. The number of hydrogen-bond donors (Lipinski definition) is 1. The molecule has 0 amide bonds. The van der Waals surface area contributed by atoms with Crippen molar-refractivity contribution in [2.45, 2.75) is 50.4 Å². The van der Waals surface area contributed by atoms with Gasteiger partial charge < -0.3 is 5.73 Å². The lowest BCUT2D eigenvalue weighted by Crippen LogP contribution is -2.07. The van der Waals surface area contributed by atoms with Gasteiger partial charge in [0, 0.05) is 11.8 Å². The molecule has 3 nitrogen and oxygen atoms in total. The normalized spacial score (nSPS) is 21.6. The van der Waals surface area contributed by atoms with Gasteiger partial charge in [-0.1, -0.05) is 12.8 Å². The fourth-order valence-electron chi connectivity index (χ4n) is 2.50. The van der Waals surface area contributed by atoms with Gasteiger partial charge in [0.1, 0.15) is 11.6 Å². The van der Waals surface area contributed by atoms with Crippen LogP contribution in [0.25, 0.3) is 0 Å². The fourth-order valence-corrected chi connectivity index (χ4v) is 3.00. The summed E-state index contributed by atoms with van der Waals surface area (Å²) in [5.41, 5.74) is 7.12. The highest BCUT2D eigenvalue weighted by atomic mass is 79.9. The van der Waals surface area contributed by atoms with Gasteiger partial charge in [-0.05, 0) is 41.6 Å². The Morgan fingerprint density at radius 3 is 2.31 bits per heavy atom. The lowest BCUT2D eigenvalue weighted by molar-refractivity contribution is 0.680. The molecule has 16 heavy (non-hydrogen) atoms. The molecule has 3 rings (SSSR count). The van der Waals surface area contributed by atoms with Gasteiger partial charge in [0.2, 0.25) is 0 Å². The standard InChI is InChI=1S/C12H16BrN3/c13-9-10(7-3-1-2-4-7)15-12(8-5-6-8)16-11(9)14/h7-8H,1-6H2,(H2,14,15,16). The first kappa shape index (κ1) is 10.5. The third kappa shape index (κ3) is 1.83. The van der Waals surface area contributed by atoms with Crippen molar-refractivity contribution in [2.24, 2.45) is 0 Å². The number of aromatic nitrogens is 2. The largest absolute Gasteiger partial charge is 0.383 e. The fraction of sp³-hybridized carbons (Fsp3) is 0.667. The first-order valence-electron chi connectivity index (χ1n) is 6.08. The summed E-state index contributed by atoms with van der Waals surface area (Å²) in [7, 11) is 0. The summed E-state index contributed by atoms with van der Waals surface area (Å²) in [4.78, 5) is 9.13. The summed E-state index contributed by atoms with van der Waals surface area (Å²) in [6, 6.07) is 0. The van der Waals surface area contributed by atoms with E-state index in [1.165, 1.54) is 38.5 Å². The van der Waals surface area contributed by atoms with Crippen LogP contribution in [0.5, 0.6) is 0 Å². The molecule has 0 spiro atoms. The van der Waals surface area contributed by atoms with E-state index in [9.17, 15) is 0 Å². The Hall–Kier alpha value is -0.640. The molecule has 1 aromatic rings. The smallest absolute Gasteiger partial charge is 0.141 e. The molecule has 1 aromatic heterocycles. The molecule has 4 heteroatoms. The van der Waals surface area contributed by atoms with Gasteiger partial charge in [-0.3, -0.25) is 0 Å². The number of rotatable bonds is 2. The van der Waals surface area contributed by atoms with Crippen LogP contribution in [0.4, 0.5) is 5.82 Å². The zero-order valence-electron chi connectivity index (χ0n) is 9.25. The van der Waals surface area contributed by atoms with Crippen LogP contribution in [0.15, 0.2) is 4.47 Å². The van der Waals surface area contributed by atoms with Crippen LogP contribution in [0, 0.1) is 0 Å². The summed E-state index contributed by atoms with van der Waals surface area (Å²) in [5, 5.41) is 0. The molecule has 0 atom stereocenters. The quantitative estimate of drug-likeness (QED) is 0.905. The molecular formula is C12H16BrN3. The van der Waals surface area contributed by atoms with Crippen LogP contribution in [0.1, 0.15) is 61.9 Å². The third-order valence-electron chi connectivity index (χ3n) is 3.60. The highest BCUT2D eigenvalue weighted by Gasteiger charge is 2.30. The van der Waals surface area contributed by atoms with Crippen molar-refractivity contribution in [3.05, 3.63) is 16.0 Å². The Labute approximate surface area is 104 Å². The third-order valence-corrected chi connectivity index (χ3v) is 4.42. The van der Waals surface area contributed by atoms with E-state index in [0.29, 0.717) is 17.7 Å². The molecule has 2 aliphatic carbocycles. The predicted octanol–water partition coefficient (Wildman–Crippen LogP) is 3.36. The van der Waals surface area contributed by atoms with Gasteiger partial charge in [-0.25, -0.2) is 9.97 Å². The van der Waals surface area contributed by atoms with E-state index < -0.39 is 0 Å². The van der Waals surface area contributed by atoms with Gasteiger partial charge in [0.15, 0.2) is 0 Å². The van der Waals surface area contributed by atoms with E-state index >= 15 is 0 Å². The topological polar surface area (TPSA) is 51.8 Å². The first-order valence-corrected chi connectivity index (χ1v) is 6.88. The van der Waals surface area contributed by atoms with Gasteiger partial charge in [0.25, 0.3) is 0 Å². The Bertz CT molecular complexity index is 409. The molecular weight excluding hydrogens is 266 g/mol. The second-order valence-electron chi connectivity index (χ2n) is 4.92. The van der Waals surface area contributed by atoms with Crippen LogP contribution in [-0.2, 0) is 0 Å². The number of anilines is 1. The summed E-state index contributed by atoms with van der Waals surface area (Å²) in [6.45, 7) is 0. The van der Waals surface area contributed by atoms with Crippen LogP contribution >= 0.6 is 15.9 Å². The van der Waals surface area contributed by atoms with E-state index in [-0.39, 0.29) is 0 Å². The summed E-state index contributed by atoms with van der Waals surface area (Å²) < 4.78 is 0.934. The number of hydrogen-bond acceptors (Lipinski definition) is 3. The van der Waals surface area contributed by atoms with E-state index in [4.69, 9.17) is 10.7 Å². The van der Waals surface area contributed by atoms with Crippen molar-refractivity contribution in [3.63, 3.8) is 0 Å². The average Bonchev–Trinajstić information content (AvgIpc) is 2.98. The number of halogens is 1. The molecule has 2 saturated carbocycles. The molecule has 0 bridgehead atoms. The van der Waals surface area contributed by atoms with Crippen molar-refractivity contribution < 1.29 is 0 Å². The van der Waals surface area contributed by atoms with Gasteiger partial charge in [-0.2, -0.15) is 0 Å². The Morgan fingerprint density at radius 1 is 1.00 bits per heavy atom. The minimum absolute atomic E-state index is 0.579. The van der Waals surface area contributed by atoms with Crippen LogP contribution < -0.4 is 5.73 Å². The maximum absolute atomic E-state index is 5.96. The molecule has 0 aromatic carbocycles. The Balaban J connectivity index is 2.00. The van der Waals surface area contributed by atoms with Crippen molar-refractivity contribution in [1.82, 2.24) is 9.97 Å². The molecule has 0 saturated heterocycles. The minimum Gasteiger partial charge on any atom is -0.383 e. The Morgan fingerprint density at radius 2 is 1.69 bits per heavy atom. The van der Waals surface area contributed by atoms with Gasteiger partial charge >= 0.3 is 0 Å². The van der Waals surface area contributed by atoms with Crippen LogP contribution in [0.2, 0.25) is 0 Å². The minimum atomic E-state index is 0.579. The summed E-state index contributed by atoms with van der Waals surface area (Å²) in [5.74, 6) is 2.77. The van der Waals surface area contributed by atoms with E-state index in [1.807, 2.05) is 0 Å². The lowest BCUT2D eigenvalue weighted by Gasteiger charge is -2.13. The molecule has 2 aliphatic rings. The van der Waals surface area contributed by atoms with Crippen molar-refractivity contribution >= 4 is 21.7 Å². The average molecular weight is 282 g/mol. The zero-order chi connectivity index (χ0) is 11.1. The van der Waals surface area contributed by atoms with Gasteiger partial charge in [0.05, 0.1) is 10.2 Å². The molecule has 2 N–H and O–H groups in total. The lowest BCUT2D eigenvalue weighted by atomic mass is 10.0. The second kappa shape index (κ2) is 3.99. The second-order valence-corrected chi connectivity index (χ2v) is 5.71. The number of nitrogen functional groups attached to an aromatic ring is 1. The molecule has 1 heterocycles. The van der Waals surface area contributed by atoms with E-state index in [1.54, 1.807) is 0 Å². The van der Waals surface area contributed by atoms with Gasteiger partial charge in [-0.15, -0.1) is 0 Å². The van der Waals surface area contributed by atoms with Crippen molar-refractivity contribution in [1.29, 1.82) is 0 Å². The highest BCUT2D eigenvalue weighted by Crippen LogP contribution is 2.42. The van der Waals surface area contributed by atoms with Crippen LogP contribution in [0.3, 0.4) is 0 Å². The zero-order valence-corrected chi connectivity index (χ0v) is 10.8. The summed E-state index contributed by atoms with van der Waals surface area (Å²) in [6.07, 6.45) is 7.59. The highest BCUT2D eigenvalue weighted by molar-refractivity contribution is 9.10. The molecule has 86 valence electrons. The number of nitrogens with two attached hydrogens (primary N) is 1.